The summed E-state index contributed by atoms with van der Waals surface area (Å²) >= 11 is 4.67. The number of amides is 2. The van der Waals surface area contributed by atoms with E-state index in [1.54, 1.807) is 6.07 Å². The van der Waals surface area contributed by atoms with Crippen LogP contribution in [-0.4, -0.2) is 62.5 Å². The SMILES string of the molecule is O=C(CNC(=O)c1ccc(Br)s1)NCCCN1CCN(c2ccccc2)CC1. The number of hydrogen-bond donors (Lipinski definition) is 2. The van der Waals surface area contributed by atoms with Crippen LogP contribution in [0.15, 0.2) is 46.3 Å². The Kier molecular flexibility index (Phi) is 7.88. The minimum absolute atomic E-state index is 0.00407. The molecular formula is C20H25BrN4O2S. The van der Waals surface area contributed by atoms with Gasteiger partial charge in [0.2, 0.25) is 5.91 Å². The van der Waals surface area contributed by atoms with Gasteiger partial charge in [0.05, 0.1) is 15.2 Å². The molecule has 0 saturated carbocycles. The molecule has 0 bridgehead atoms. The highest BCUT2D eigenvalue weighted by Gasteiger charge is 2.16. The molecule has 0 atom stereocenters. The molecule has 0 aliphatic carbocycles. The van der Waals surface area contributed by atoms with E-state index in [0.29, 0.717) is 11.4 Å². The van der Waals surface area contributed by atoms with E-state index < -0.39 is 0 Å². The van der Waals surface area contributed by atoms with Crippen LogP contribution < -0.4 is 15.5 Å². The van der Waals surface area contributed by atoms with E-state index in [2.05, 4.69) is 60.6 Å². The number of carbonyl (C=O) groups is 2. The van der Waals surface area contributed by atoms with Crippen molar-refractivity contribution in [3.05, 3.63) is 51.1 Å². The van der Waals surface area contributed by atoms with Gasteiger partial charge in [-0.3, -0.25) is 14.5 Å². The first-order chi connectivity index (χ1) is 13.6. The molecule has 1 aromatic heterocycles. The predicted molar refractivity (Wildman–Crippen MR) is 117 cm³/mol. The number of hydrogen-bond acceptors (Lipinski definition) is 5. The van der Waals surface area contributed by atoms with Gasteiger partial charge < -0.3 is 15.5 Å². The van der Waals surface area contributed by atoms with Gasteiger partial charge in [0, 0.05) is 38.4 Å². The van der Waals surface area contributed by atoms with E-state index in [1.807, 2.05) is 12.1 Å². The molecule has 2 heterocycles. The number of para-hydroxylation sites is 1. The average Bonchev–Trinajstić information content (AvgIpc) is 3.17. The smallest absolute Gasteiger partial charge is 0.261 e. The Morgan fingerprint density at radius 2 is 1.75 bits per heavy atom. The lowest BCUT2D eigenvalue weighted by Gasteiger charge is -2.36. The normalized spacial score (nSPS) is 14.7. The molecule has 3 rings (SSSR count). The number of anilines is 1. The molecule has 28 heavy (non-hydrogen) atoms. The lowest BCUT2D eigenvalue weighted by molar-refractivity contribution is -0.120. The topological polar surface area (TPSA) is 64.7 Å². The van der Waals surface area contributed by atoms with Crippen LogP contribution in [-0.2, 0) is 4.79 Å². The van der Waals surface area contributed by atoms with Gasteiger partial charge in [-0.1, -0.05) is 18.2 Å². The van der Waals surface area contributed by atoms with Crippen molar-refractivity contribution < 1.29 is 9.59 Å². The highest BCUT2D eigenvalue weighted by molar-refractivity contribution is 9.11. The average molecular weight is 465 g/mol. The van der Waals surface area contributed by atoms with Crippen molar-refractivity contribution in [2.24, 2.45) is 0 Å². The molecule has 0 spiro atoms. The first-order valence-electron chi connectivity index (χ1n) is 9.44. The highest BCUT2D eigenvalue weighted by atomic mass is 79.9. The van der Waals surface area contributed by atoms with Crippen molar-refractivity contribution in [2.75, 3.05) is 50.7 Å². The van der Waals surface area contributed by atoms with Crippen LogP contribution in [0, 0.1) is 0 Å². The summed E-state index contributed by atoms with van der Waals surface area (Å²) in [6.45, 7) is 5.73. The Hall–Kier alpha value is -1.90. The number of rotatable bonds is 8. The van der Waals surface area contributed by atoms with Gasteiger partial charge in [-0.15, -0.1) is 11.3 Å². The summed E-state index contributed by atoms with van der Waals surface area (Å²) in [5.74, 6) is -0.375. The Balaban J connectivity index is 1.26. The van der Waals surface area contributed by atoms with Gasteiger partial charge in [0.1, 0.15) is 0 Å². The van der Waals surface area contributed by atoms with E-state index in [-0.39, 0.29) is 18.4 Å². The Morgan fingerprint density at radius 3 is 2.43 bits per heavy atom. The van der Waals surface area contributed by atoms with Crippen molar-refractivity contribution in [1.82, 2.24) is 15.5 Å². The molecule has 2 amide bonds. The molecule has 2 N–H and O–H groups in total. The number of nitrogens with one attached hydrogen (secondary N) is 2. The quantitative estimate of drug-likeness (QED) is 0.589. The summed E-state index contributed by atoms with van der Waals surface area (Å²) in [5, 5.41) is 5.52. The van der Waals surface area contributed by atoms with Crippen LogP contribution in [0.5, 0.6) is 0 Å². The maximum atomic E-state index is 11.9. The third kappa shape index (κ3) is 6.32. The zero-order chi connectivity index (χ0) is 19.8. The molecule has 1 aromatic carbocycles. The summed E-state index contributed by atoms with van der Waals surface area (Å²) < 4.78 is 0.895. The second-order valence-electron chi connectivity index (χ2n) is 6.65. The Bertz CT molecular complexity index is 776. The molecule has 2 aromatic rings. The van der Waals surface area contributed by atoms with Crippen molar-refractivity contribution in [3.8, 4) is 0 Å². The lowest BCUT2D eigenvalue weighted by Crippen LogP contribution is -2.47. The Morgan fingerprint density at radius 1 is 1.00 bits per heavy atom. The van der Waals surface area contributed by atoms with E-state index >= 15 is 0 Å². The van der Waals surface area contributed by atoms with Crippen LogP contribution in [0.2, 0.25) is 0 Å². The van der Waals surface area contributed by atoms with E-state index in [9.17, 15) is 9.59 Å². The molecule has 0 unspecified atom stereocenters. The van der Waals surface area contributed by atoms with Crippen molar-refractivity contribution in [3.63, 3.8) is 0 Å². The van der Waals surface area contributed by atoms with Crippen LogP contribution in [0.1, 0.15) is 16.1 Å². The molecule has 1 aliphatic heterocycles. The number of thiophene rings is 1. The van der Waals surface area contributed by atoms with Gasteiger partial charge >= 0.3 is 0 Å². The van der Waals surface area contributed by atoms with Crippen LogP contribution in [0.25, 0.3) is 0 Å². The Labute approximate surface area is 178 Å². The second kappa shape index (κ2) is 10.6. The molecule has 150 valence electrons. The third-order valence-corrected chi connectivity index (χ3v) is 6.30. The van der Waals surface area contributed by atoms with Gasteiger partial charge in [0.25, 0.3) is 5.91 Å². The third-order valence-electron chi connectivity index (χ3n) is 4.67. The zero-order valence-corrected chi connectivity index (χ0v) is 18.1. The molecule has 6 nitrogen and oxygen atoms in total. The summed E-state index contributed by atoms with van der Waals surface area (Å²) in [6.07, 6.45) is 0.906. The highest BCUT2D eigenvalue weighted by Crippen LogP contribution is 2.21. The molecule has 8 heteroatoms. The number of piperazine rings is 1. The minimum Gasteiger partial charge on any atom is -0.369 e. The second-order valence-corrected chi connectivity index (χ2v) is 9.12. The van der Waals surface area contributed by atoms with Crippen LogP contribution in [0.3, 0.4) is 0 Å². The summed E-state index contributed by atoms with van der Waals surface area (Å²) in [7, 11) is 0. The van der Waals surface area contributed by atoms with Gasteiger partial charge in [-0.25, -0.2) is 0 Å². The van der Waals surface area contributed by atoms with Crippen LogP contribution in [0.4, 0.5) is 5.69 Å². The predicted octanol–water partition coefficient (Wildman–Crippen LogP) is 2.57. The molecule has 1 aliphatic rings. The summed E-state index contributed by atoms with van der Waals surface area (Å²) in [6, 6.07) is 14.1. The molecule has 0 radical (unpaired) electrons. The summed E-state index contributed by atoms with van der Waals surface area (Å²) in [5.41, 5.74) is 1.28. The van der Waals surface area contributed by atoms with E-state index in [1.165, 1.54) is 17.0 Å². The lowest BCUT2D eigenvalue weighted by atomic mass is 10.2. The monoisotopic (exact) mass is 464 g/mol. The molecular weight excluding hydrogens is 440 g/mol. The summed E-state index contributed by atoms with van der Waals surface area (Å²) in [4.78, 5) is 29.2. The maximum absolute atomic E-state index is 11.9. The van der Waals surface area contributed by atoms with Gasteiger partial charge in [-0.05, 0) is 53.2 Å². The fraction of sp³-hybridized carbons (Fsp3) is 0.400. The van der Waals surface area contributed by atoms with Crippen molar-refractivity contribution >= 4 is 44.8 Å². The van der Waals surface area contributed by atoms with Crippen LogP contribution >= 0.6 is 27.3 Å². The largest absolute Gasteiger partial charge is 0.369 e. The first kappa shape index (κ1) is 20.8. The van der Waals surface area contributed by atoms with Crippen molar-refractivity contribution in [2.45, 2.75) is 6.42 Å². The zero-order valence-electron chi connectivity index (χ0n) is 15.7. The molecule has 1 saturated heterocycles. The molecule has 1 fully saturated rings. The standard InChI is InChI=1S/C20H25BrN4O2S/c21-18-8-7-17(28-18)20(27)23-15-19(26)22-9-4-10-24-11-13-25(14-12-24)16-5-2-1-3-6-16/h1-3,5-8H,4,9-15H2,(H,22,26)(H,23,27). The number of carbonyl (C=O) groups excluding carboxylic acids is 2. The van der Waals surface area contributed by atoms with E-state index in [0.717, 1.165) is 42.9 Å². The van der Waals surface area contributed by atoms with Gasteiger partial charge in [-0.2, -0.15) is 0 Å². The van der Waals surface area contributed by atoms with Gasteiger partial charge in [0.15, 0.2) is 0 Å². The van der Waals surface area contributed by atoms with Crippen molar-refractivity contribution in [1.29, 1.82) is 0 Å². The van der Waals surface area contributed by atoms with E-state index in [4.69, 9.17) is 0 Å². The maximum Gasteiger partial charge on any atom is 0.261 e. The number of nitrogens with zero attached hydrogens (tertiary/aromatic N) is 2. The number of benzene rings is 1. The first-order valence-corrected chi connectivity index (χ1v) is 11.1. The minimum atomic E-state index is -0.220. The fourth-order valence-electron chi connectivity index (χ4n) is 3.15. The fourth-order valence-corrected chi connectivity index (χ4v) is 4.45. The number of halogens is 1.